The molecule has 0 amide bonds. The molecule has 0 radical (unpaired) electrons. The molecule has 3 rings (SSSR count). The van der Waals surface area contributed by atoms with Crippen molar-refractivity contribution in [2.45, 2.75) is 227 Å². The zero-order valence-electron chi connectivity index (χ0n) is 43.8. The first-order valence-corrected chi connectivity index (χ1v) is 24.1. The molecule has 0 N–H and O–H groups in total. The van der Waals surface area contributed by atoms with Gasteiger partial charge in [-0.3, -0.25) is 19.2 Å². The van der Waals surface area contributed by atoms with E-state index in [-0.39, 0.29) is 49.4 Å². The van der Waals surface area contributed by atoms with Crippen molar-refractivity contribution in [3.63, 3.8) is 0 Å². The Bertz CT molecular complexity index is 1710. The highest BCUT2D eigenvalue weighted by molar-refractivity contribution is 5.88. The van der Waals surface area contributed by atoms with Crippen molar-refractivity contribution in [2.24, 2.45) is 61.1 Å². The van der Waals surface area contributed by atoms with Crippen LogP contribution in [0.1, 0.15) is 203 Å². The third-order valence-corrected chi connectivity index (χ3v) is 15.4. The normalized spacial score (nSPS) is 27.7. The Balaban J connectivity index is 2.14. The molecule has 0 aromatic rings. The predicted molar refractivity (Wildman–Crippen MR) is 255 cm³/mol. The van der Waals surface area contributed by atoms with Gasteiger partial charge in [0, 0.05) is 0 Å². The van der Waals surface area contributed by atoms with Gasteiger partial charge in [-0.15, -0.1) is 6.58 Å². The Labute approximate surface area is 384 Å². The highest BCUT2D eigenvalue weighted by Gasteiger charge is 2.48. The molecule has 63 heavy (non-hydrogen) atoms. The van der Waals surface area contributed by atoms with Crippen LogP contribution in [0.2, 0.25) is 0 Å². The minimum Gasteiger partial charge on any atom is -0.462 e. The van der Waals surface area contributed by atoms with Crippen LogP contribution in [-0.4, -0.2) is 48.3 Å². The van der Waals surface area contributed by atoms with E-state index in [2.05, 4.69) is 143 Å². The van der Waals surface area contributed by atoms with Crippen LogP contribution in [0.3, 0.4) is 0 Å². The number of hydrogen-bond acceptors (Lipinski definition) is 8. The van der Waals surface area contributed by atoms with Crippen LogP contribution in [0.15, 0.2) is 36.0 Å². The van der Waals surface area contributed by atoms with E-state index < -0.39 is 66.9 Å². The van der Waals surface area contributed by atoms with Gasteiger partial charge in [0.15, 0.2) is 0 Å². The number of carbonyl (C=O) groups excluding carboxylic acids is 4. The van der Waals surface area contributed by atoms with Gasteiger partial charge in [0.25, 0.3) is 0 Å². The summed E-state index contributed by atoms with van der Waals surface area (Å²) in [5.41, 5.74) is 0.673. The molecule has 8 nitrogen and oxygen atoms in total. The summed E-state index contributed by atoms with van der Waals surface area (Å²) in [6.45, 7) is 46.9. The van der Waals surface area contributed by atoms with Crippen LogP contribution < -0.4 is 0 Å². The molecule has 0 aromatic heterocycles. The van der Waals surface area contributed by atoms with Gasteiger partial charge in [0.05, 0.1) is 24.7 Å². The van der Waals surface area contributed by atoms with E-state index in [0.29, 0.717) is 57.3 Å². The van der Waals surface area contributed by atoms with Gasteiger partial charge in [-0.25, -0.2) is 0 Å². The van der Waals surface area contributed by atoms with Crippen LogP contribution >= 0.6 is 0 Å². The minimum absolute atomic E-state index is 0.0944. The molecular formula is C55H92O8. The lowest BCUT2D eigenvalue weighted by atomic mass is 9.57. The lowest BCUT2D eigenvalue weighted by Gasteiger charge is -2.50. The third kappa shape index (κ3) is 15.9. The molecule has 360 valence electrons. The Kier molecular flexibility index (Phi) is 16.9. The highest BCUT2D eigenvalue weighted by atomic mass is 16.6. The molecule has 3 aliphatic carbocycles. The lowest BCUT2D eigenvalue weighted by Crippen LogP contribution is -2.46. The molecule has 3 aliphatic rings. The fourth-order valence-corrected chi connectivity index (χ4v) is 11.0. The summed E-state index contributed by atoms with van der Waals surface area (Å²) in [5, 5.41) is 0. The summed E-state index contributed by atoms with van der Waals surface area (Å²) in [5.74, 6) is -4.98. The first kappa shape index (κ1) is 54.4. The molecule has 0 aromatic carbocycles. The lowest BCUT2D eigenvalue weighted by molar-refractivity contribution is -0.177. The quantitative estimate of drug-likeness (QED) is 0.0910. The number of ether oxygens (including phenoxy) is 4. The topological polar surface area (TPSA) is 105 Å². The van der Waals surface area contributed by atoms with Crippen LogP contribution in [0.25, 0.3) is 0 Å². The number of esters is 4. The second-order valence-corrected chi connectivity index (χ2v) is 26.4. The zero-order chi connectivity index (χ0) is 48.5. The number of hydrogen-bond donors (Lipinski definition) is 0. The van der Waals surface area contributed by atoms with Crippen molar-refractivity contribution in [3.05, 3.63) is 36.0 Å². The Morgan fingerprint density at radius 1 is 0.619 bits per heavy atom. The predicted octanol–water partition coefficient (Wildman–Crippen LogP) is 13.8. The summed E-state index contributed by atoms with van der Waals surface area (Å²) >= 11 is 0. The molecule has 0 aliphatic heterocycles. The maximum atomic E-state index is 15.0. The Morgan fingerprint density at radius 2 is 1.00 bits per heavy atom. The Hall–Kier alpha value is -2.90. The van der Waals surface area contributed by atoms with E-state index in [1.54, 1.807) is 0 Å². The van der Waals surface area contributed by atoms with Gasteiger partial charge >= 0.3 is 23.9 Å². The van der Waals surface area contributed by atoms with Crippen LogP contribution in [0.4, 0.5) is 0 Å². The maximum absolute atomic E-state index is 15.0. The van der Waals surface area contributed by atoms with Gasteiger partial charge in [0.1, 0.15) is 24.4 Å². The number of allylic oxidation sites excluding steroid dienone is 5. The monoisotopic (exact) mass is 881 g/mol. The summed E-state index contributed by atoms with van der Waals surface area (Å²) in [7, 11) is 0. The maximum Gasteiger partial charge on any atom is 0.310 e. The summed E-state index contributed by atoms with van der Waals surface area (Å²) in [4.78, 5) is 58.9. The van der Waals surface area contributed by atoms with Gasteiger partial charge in [-0.05, 0) is 114 Å². The van der Waals surface area contributed by atoms with Crippen molar-refractivity contribution in [2.75, 3.05) is 0 Å². The van der Waals surface area contributed by atoms with Crippen molar-refractivity contribution in [1.82, 2.24) is 0 Å². The molecule has 0 bridgehead atoms. The van der Waals surface area contributed by atoms with Gasteiger partial charge in [-0.1, -0.05) is 154 Å². The van der Waals surface area contributed by atoms with E-state index in [1.165, 1.54) is 11.1 Å². The minimum atomic E-state index is -1.37. The average Bonchev–Trinajstić information content (AvgIpc) is 3.18. The SMILES string of the molecule is C=CC(C)(C)CC(CC(C)(C)C)OC(=O)C(CC(=O)OC1CC(C)(C)C=C(C)C(C)(C)C1)C(CC(=O)OC1CC(C)(C)C(C)C(C)(C)C1)C(=O)OC1CC(C)(C)C=C(C)C(C)(C)C1. The van der Waals surface area contributed by atoms with Crippen molar-refractivity contribution in [3.8, 4) is 0 Å². The standard InChI is InChI=1S/C55H92O8/c1-22-49(8,9)28-38(27-48(5,6)7)62-46(58)42(23-44(56)60-39-29-50(10,11)25-35(2)52(14,15)31-39)43(24-45(57)61-41-33-54(18,19)37(4)55(20,21)34-41)47(59)63-40-30-51(12,13)26-36(3)53(16,17)32-40/h22,25-26,37-43H,1,23-24,27-34H2,2-21H3. The molecule has 8 heteroatoms. The zero-order valence-corrected chi connectivity index (χ0v) is 43.8. The summed E-state index contributed by atoms with van der Waals surface area (Å²) in [6, 6.07) is 0. The van der Waals surface area contributed by atoms with Gasteiger partial charge in [-0.2, -0.15) is 0 Å². The molecule has 1 saturated carbocycles. The molecule has 0 saturated heterocycles. The summed E-state index contributed by atoms with van der Waals surface area (Å²) in [6.07, 6.45) is 8.30. The number of rotatable bonds is 15. The fourth-order valence-electron chi connectivity index (χ4n) is 11.0. The van der Waals surface area contributed by atoms with Crippen LogP contribution in [0, 0.1) is 61.1 Å². The fraction of sp³-hybridized carbons (Fsp3) is 0.818. The summed E-state index contributed by atoms with van der Waals surface area (Å²) < 4.78 is 25.6. The van der Waals surface area contributed by atoms with Crippen molar-refractivity contribution < 1.29 is 38.1 Å². The highest BCUT2D eigenvalue weighted by Crippen LogP contribution is 2.52. The first-order valence-electron chi connectivity index (χ1n) is 24.1. The molecule has 5 unspecified atom stereocenters. The van der Waals surface area contributed by atoms with Gasteiger partial charge in [0.2, 0.25) is 0 Å². The molecule has 1 fully saturated rings. The third-order valence-electron chi connectivity index (χ3n) is 15.4. The first-order chi connectivity index (χ1) is 28.3. The van der Waals surface area contributed by atoms with E-state index in [1.807, 2.05) is 19.9 Å². The van der Waals surface area contributed by atoms with Crippen molar-refractivity contribution >= 4 is 23.9 Å². The average molecular weight is 881 g/mol. The molecular weight excluding hydrogens is 789 g/mol. The van der Waals surface area contributed by atoms with E-state index in [0.717, 1.165) is 0 Å². The smallest absolute Gasteiger partial charge is 0.310 e. The van der Waals surface area contributed by atoms with E-state index >= 15 is 9.59 Å². The van der Waals surface area contributed by atoms with Gasteiger partial charge < -0.3 is 18.9 Å². The molecule has 5 atom stereocenters. The Morgan fingerprint density at radius 3 is 1.40 bits per heavy atom. The van der Waals surface area contributed by atoms with E-state index in [9.17, 15) is 9.59 Å². The van der Waals surface area contributed by atoms with Crippen LogP contribution in [-0.2, 0) is 38.1 Å². The van der Waals surface area contributed by atoms with Crippen LogP contribution in [0.5, 0.6) is 0 Å². The second-order valence-electron chi connectivity index (χ2n) is 26.4. The molecule has 0 heterocycles. The second kappa shape index (κ2) is 19.5. The molecule has 0 spiro atoms. The van der Waals surface area contributed by atoms with Crippen molar-refractivity contribution in [1.29, 1.82) is 0 Å². The largest absolute Gasteiger partial charge is 0.462 e. The van der Waals surface area contributed by atoms with E-state index in [4.69, 9.17) is 18.9 Å². The number of carbonyl (C=O) groups is 4.